The number of Topliss-reactive ketones (excluding diaryl/α,β-unsaturated/α-hetero) is 1. The summed E-state index contributed by atoms with van der Waals surface area (Å²) in [6.45, 7) is 0. The summed E-state index contributed by atoms with van der Waals surface area (Å²) >= 11 is 6.18. The Hall–Kier alpha value is -4.03. The normalized spacial score (nSPS) is 18.9. The molecule has 7 heteroatoms. The van der Waals surface area contributed by atoms with Gasteiger partial charge in [-0.25, -0.2) is 0 Å². The Morgan fingerprint density at radius 3 is 2.46 bits per heavy atom. The van der Waals surface area contributed by atoms with Gasteiger partial charge in [0.25, 0.3) is 0 Å². The molecule has 1 aromatic heterocycles. The number of rotatable bonds is 3. The number of ketones is 1. The van der Waals surface area contributed by atoms with Crippen molar-refractivity contribution in [3.8, 4) is 0 Å². The van der Waals surface area contributed by atoms with Gasteiger partial charge in [0.15, 0.2) is 11.2 Å². The molecule has 0 saturated heterocycles. The maximum absolute atomic E-state index is 13.8. The van der Waals surface area contributed by atoms with Gasteiger partial charge in [-0.1, -0.05) is 35.9 Å². The highest BCUT2D eigenvalue weighted by atomic mass is 35.5. The number of halogens is 1. The van der Waals surface area contributed by atoms with E-state index < -0.39 is 6.04 Å². The van der Waals surface area contributed by atoms with E-state index in [1.54, 1.807) is 18.2 Å². The van der Waals surface area contributed by atoms with Crippen LogP contribution in [-0.4, -0.2) is 19.9 Å². The van der Waals surface area contributed by atoms with Crippen LogP contribution in [-0.2, 0) is 4.79 Å². The number of nitrogens with one attached hydrogen (secondary N) is 2. The fourth-order valence-corrected chi connectivity index (χ4v) is 5.50. The van der Waals surface area contributed by atoms with Crippen LogP contribution in [0.5, 0.6) is 0 Å². The van der Waals surface area contributed by atoms with Crippen molar-refractivity contribution in [3.63, 3.8) is 0 Å². The summed E-state index contributed by atoms with van der Waals surface area (Å²) in [5, 5.41) is 7.82. The van der Waals surface area contributed by atoms with Crippen LogP contribution in [0.3, 0.4) is 0 Å². The van der Waals surface area contributed by atoms with E-state index in [4.69, 9.17) is 16.0 Å². The van der Waals surface area contributed by atoms with Crippen molar-refractivity contribution in [2.45, 2.75) is 24.8 Å². The van der Waals surface area contributed by atoms with Crippen LogP contribution in [0.4, 0.5) is 17.1 Å². The molecule has 0 saturated carbocycles. The molecule has 0 spiro atoms. The largest absolute Gasteiger partial charge is 0.464 e. The maximum Gasteiger partial charge on any atom is 0.198 e. The second-order valence-electron chi connectivity index (χ2n) is 9.82. The molecule has 3 aromatic carbocycles. The van der Waals surface area contributed by atoms with Gasteiger partial charge in [0.2, 0.25) is 0 Å². The zero-order valence-corrected chi connectivity index (χ0v) is 21.3. The first-order valence-electron chi connectivity index (χ1n) is 12.3. The van der Waals surface area contributed by atoms with Crippen LogP contribution in [0.1, 0.15) is 35.9 Å². The minimum absolute atomic E-state index is 0.00586. The quantitative estimate of drug-likeness (QED) is 0.327. The third-order valence-electron chi connectivity index (χ3n) is 7.26. The van der Waals surface area contributed by atoms with E-state index in [-0.39, 0.29) is 17.1 Å². The number of nitrogens with zero attached hydrogens (tertiary/aromatic N) is 1. The molecule has 0 radical (unpaired) electrons. The zero-order chi connectivity index (χ0) is 25.7. The summed E-state index contributed by atoms with van der Waals surface area (Å²) in [6, 6.07) is 20.5. The van der Waals surface area contributed by atoms with E-state index in [2.05, 4.69) is 39.8 Å². The molecule has 2 N–H and O–H groups in total. The third kappa shape index (κ3) is 4.17. The molecule has 4 aromatic rings. The predicted octanol–water partition coefficient (Wildman–Crippen LogP) is 6.49. The van der Waals surface area contributed by atoms with Crippen molar-refractivity contribution in [3.05, 3.63) is 111 Å². The molecule has 37 heavy (non-hydrogen) atoms. The first kappa shape index (κ1) is 23.4. The minimum Gasteiger partial charge on any atom is -0.464 e. The summed E-state index contributed by atoms with van der Waals surface area (Å²) in [5.41, 5.74) is 5.93. The predicted molar refractivity (Wildman–Crippen MR) is 149 cm³/mol. The fraction of sp³-hybridized carbons (Fsp3) is 0.200. The van der Waals surface area contributed by atoms with Crippen LogP contribution >= 0.6 is 11.6 Å². The number of hydrogen-bond acceptors (Lipinski definition) is 6. The van der Waals surface area contributed by atoms with Crippen LogP contribution in [0, 0.1) is 0 Å². The number of fused-ring (bicyclic) bond motifs is 2. The first-order chi connectivity index (χ1) is 17.9. The lowest BCUT2D eigenvalue weighted by Gasteiger charge is -2.29. The van der Waals surface area contributed by atoms with Crippen molar-refractivity contribution in [2.75, 3.05) is 29.6 Å². The Labute approximate surface area is 219 Å². The van der Waals surface area contributed by atoms with Gasteiger partial charge in [-0.3, -0.25) is 9.59 Å². The highest BCUT2D eigenvalue weighted by molar-refractivity contribution is 6.31. The monoisotopic (exact) mass is 511 g/mol. The summed E-state index contributed by atoms with van der Waals surface area (Å²) in [4.78, 5) is 29.5. The minimum atomic E-state index is -0.657. The Morgan fingerprint density at radius 1 is 0.946 bits per heavy atom. The van der Waals surface area contributed by atoms with Crippen LogP contribution in [0.2, 0.25) is 5.02 Å². The molecular formula is C30H26ClN3O3. The molecule has 2 heterocycles. The zero-order valence-electron chi connectivity index (χ0n) is 20.5. The Bertz CT molecular complexity index is 1620. The average molecular weight is 512 g/mol. The molecule has 1 aliphatic carbocycles. The summed E-state index contributed by atoms with van der Waals surface area (Å²) in [7, 11) is 4.02. The molecular weight excluding hydrogens is 486 g/mol. The molecule has 6 nitrogen and oxygen atoms in total. The Balaban J connectivity index is 1.47. The second kappa shape index (κ2) is 9.12. The van der Waals surface area contributed by atoms with E-state index >= 15 is 0 Å². The molecule has 2 unspecified atom stereocenters. The van der Waals surface area contributed by atoms with Gasteiger partial charge < -0.3 is 20.0 Å². The van der Waals surface area contributed by atoms with E-state index in [1.807, 2.05) is 38.4 Å². The van der Waals surface area contributed by atoms with Crippen molar-refractivity contribution in [1.82, 2.24) is 0 Å². The number of allylic oxidation sites excluding steroid dienone is 1. The van der Waals surface area contributed by atoms with E-state index in [1.165, 1.54) is 6.26 Å². The Kier molecular flexibility index (Phi) is 5.76. The molecule has 2 atom stereocenters. The van der Waals surface area contributed by atoms with Crippen LogP contribution in [0.15, 0.2) is 93.5 Å². The molecule has 0 fully saturated rings. The number of carbonyl (C=O) groups excluding carboxylic acids is 1. The van der Waals surface area contributed by atoms with Crippen molar-refractivity contribution in [1.29, 1.82) is 0 Å². The lowest BCUT2D eigenvalue weighted by molar-refractivity contribution is -0.116. The molecule has 0 bridgehead atoms. The van der Waals surface area contributed by atoms with Gasteiger partial charge in [-0.15, -0.1) is 0 Å². The molecule has 0 amide bonds. The third-order valence-corrected chi connectivity index (χ3v) is 7.50. The summed E-state index contributed by atoms with van der Waals surface area (Å²) in [6.07, 6.45) is 2.48. The topological polar surface area (TPSA) is 74.6 Å². The lowest BCUT2D eigenvalue weighted by Crippen LogP contribution is -2.29. The molecule has 6 rings (SSSR count). The SMILES string of the molecule is CN(C)c1ccc(C2CC(=O)C3=C(C2)Nc2ccccc2NC3c2coc3ccc(Cl)cc3c2=O)cc1. The van der Waals surface area contributed by atoms with Gasteiger partial charge >= 0.3 is 0 Å². The van der Waals surface area contributed by atoms with Gasteiger partial charge in [-0.05, 0) is 60.4 Å². The van der Waals surface area contributed by atoms with Crippen LogP contribution < -0.4 is 21.0 Å². The molecule has 186 valence electrons. The van der Waals surface area contributed by atoms with Gasteiger partial charge in [0, 0.05) is 42.5 Å². The second-order valence-corrected chi connectivity index (χ2v) is 10.3. The maximum atomic E-state index is 13.8. The summed E-state index contributed by atoms with van der Waals surface area (Å²) < 4.78 is 5.84. The lowest BCUT2D eigenvalue weighted by atomic mass is 9.78. The van der Waals surface area contributed by atoms with Crippen molar-refractivity contribution < 1.29 is 9.21 Å². The van der Waals surface area contributed by atoms with E-state index in [0.29, 0.717) is 40.0 Å². The highest BCUT2D eigenvalue weighted by Gasteiger charge is 2.37. The fourth-order valence-electron chi connectivity index (χ4n) is 5.32. The first-order valence-corrected chi connectivity index (χ1v) is 12.6. The van der Waals surface area contributed by atoms with Gasteiger partial charge in [0.1, 0.15) is 11.8 Å². The summed E-state index contributed by atoms with van der Waals surface area (Å²) in [5.74, 6) is 0.0408. The number of anilines is 3. The molecule has 2 aliphatic rings. The van der Waals surface area contributed by atoms with E-state index in [0.717, 1.165) is 28.3 Å². The van der Waals surface area contributed by atoms with Crippen molar-refractivity contribution >= 4 is 45.4 Å². The van der Waals surface area contributed by atoms with Crippen molar-refractivity contribution in [2.24, 2.45) is 0 Å². The standard InChI is InChI=1S/C30H26ClN3O3/c1-34(2)20-10-7-17(8-11-20)18-13-25-28(26(35)14-18)29(33-24-6-4-3-5-23(24)32-25)22-16-37-27-12-9-19(31)15-21(27)30(22)36/h3-12,15-16,18,29,32-33H,13-14H2,1-2H3. The smallest absolute Gasteiger partial charge is 0.198 e. The number of benzene rings is 3. The molecule has 1 aliphatic heterocycles. The van der Waals surface area contributed by atoms with Crippen LogP contribution in [0.25, 0.3) is 11.0 Å². The Morgan fingerprint density at radius 2 is 1.70 bits per heavy atom. The van der Waals surface area contributed by atoms with Gasteiger partial charge in [0.05, 0.1) is 28.4 Å². The number of para-hydroxylation sites is 2. The number of hydrogen-bond donors (Lipinski definition) is 2. The van der Waals surface area contributed by atoms with Gasteiger partial charge in [-0.2, -0.15) is 0 Å². The number of carbonyl (C=O) groups is 1. The highest BCUT2D eigenvalue weighted by Crippen LogP contribution is 2.44. The van der Waals surface area contributed by atoms with E-state index in [9.17, 15) is 9.59 Å². The average Bonchev–Trinajstić information content (AvgIpc) is 3.06.